The Morgan fingerprint density at radius 3 is 2.70 bits per heavy atom. The zero-order valence-corrected chi connectivity index (χ0v) is 16.1. The number of aromatic nitrogens is 2. The lowest BCUT2D eigenvalue weighted by Crippen LogP contribution is -2.46. The van der Waals surface area contributed by atoms with E-state index in [1.165, 1.54) is 0 Å². The fourth-order valence-corrected chi connectivity index (χ4v) is 3.00. The van der Waals surface area contributed by atoms with Gasteiger partial charge in [0.25, 0.3) is 11.8 Å². The van der Waals surface area contributed by atoms with Gasteiger partial charge in [0.2, 0.25) is 0 Å². The molecule has 0 aliphatic carbocycles. The fraction of sp³-hybridized carbons (Fsp3) is 0.450. The Balaban J connectivity index is 1.56. The Bertz CT molecular complexity index is 764. The highest BCUT2D eigenvalue weighted by atomic mass is 16.5. The Morgan fingerprint density at radius 2 is 1.96 bits per heavy atom. The largest absolute Gasteiger partial charge is 0.484 e. The van der Waals surface area contributed by atoms with Gasteiger partial charge in [0.05, 0.1) is 6.54 Å². The maximum absolute atomic E-state index is 12.5. The van der Waals surface area contributed by atoms with E-state index in [1.54, 1.807) is 17.3 Å². The van der Waals surface area contributed by atoms with E-state index in [9.17, 15) is 4.79 Å². The normalized spacial score (nSPS) is 16.7. The van der Waals surface area contributed by atoms with E-state index in [1.807, 2.05) is 50.2 Å². The van der Waals surface area contributed by atoms with Gasteiger partial charge in [-0.25, -0.2) is 9.97 Å². The van der Waals surface area contributed by atoms with Crippen molar-refractivity contribution in [2.75, 3.05) is 38.7 Å². The molecule has 1 aromatic carbocycles. The topological polar surface area (TPSA) is 67.8 Å². The summed E-state index contributed by atoms with van der Waals surface area (Å²) in [6.45, 7) is 3.29. The number of aryl methyl sites for hydroxylation is 1. The highest BCUT2D eigenvalue weighted by Crippen LogP contribution is 2.24. The van der Waals surface area contributed by atoms with Crippen LogP contribution < -0.4 is 14.4 Å². The second-order valence-electron chi connectivity index (χ2n) is 6.90. The summed E-state index contributed by atoms with van der Waals surface area (Å²) in [6, 6.07) is 7.69. The van der Waals surface area contributed by atoms with E-state index in [2.05, 4.69) is 9.97 Å². The molecule has 1 saturated heterocycles. The first kappa shape index (κ1) is 18.9. The van der Waals surface area contributed by atoms with Crippen molar-refractivity contribution in [3.05, 3.63) is 42.2 Å². The minimum absolute atomic E-state index is 0.0316. The Morgan fingerprint density at radius 1 is 1.22 bits per heavy atom. The van der Waals surface area contributed by atoms with Crippen LogP contribution in [0.25, 0.3) is 0 Å². The monoisotopic (exact) mass is 370 g/mol. The molecule has 1 fully saturated rings. The van der Waals surface area contributed by atoms with E-state index in [0.717, 1.165) is 24.9 Å². The summed E-state index contributed by atoms with van der Waals surface area (Å²) in [7, 11) is 3.80. The average molecular weight is 370 g/mol. The molecule has 0 saturated carbocycles. The number of amides is 1. The average Bonchev–Trinajstić information content (AvgIpc) is 2.68. The second kappa shape index (κ2) is 8.70. The molecule has 1 aliphatic heterocycles. The minimum Gasteiger partial charge on any atom is -0.484 e. The van der Waals surface area contributed by atoms with E-state index in [4.69, 9.17) is 9.47 Å². The molecule has 7 heteroatoms. The van der Waals surface area contributed by atoms with Crippen molar-refractivity contribution in [1.82, 2.24) is 14.9 Å². The molecule has 2 aromatic rings. The van der Waals surface area contributed by atoms with E-state index >= 15 is 0 Å². The summed E-state index contributed by atoms with van der Waals surface area (Å²) in [6.07, 6.45) is 4.92. The number of carbonyl (C=O) groups excluding carboxylic acids is 1. The zero-order valence-electron chi connectivity index (χ0n) is 16.1. The summed E-state index contributed by atoms with van der Waals surface area (Å²) in [5.41, 5.74) is 1.16. The van der Waals surface area contributed by atoms with Crippen molar-refractivity contribution in [2.24, 2.45) is 0 Å². The van der Waals surface area contributed by atoms with Gasteiger partial charge in [0, 0.05) is 33.0 Å². The quantitative estimate of drug-likeness (QED) is 0.777. The van der Waals surface area contributed by atoms with Gasteiger partial charge in [-0.2, -0.15) is 0 Å². The third-order valence-corrected chi connectivity index (χ3v) is 4.46. The van der Waals surface area contributed by atoms with Gasteiger partial charge < -0.3 is 19.3 Å². The van der Waals surface area contributed by atoms with Gasteiger partial charge in [-0.3, -0.25) is 4.79 Å². The van der Waals surface area contributed by atoms with Crippen LogP contribution in [0.5, 0.6) is 11.6 Å². The second-order valence-corrected chi connectivity index (χ2v) is 6.90. The van der Waals surface area contributed by atoms with Gasteiger partial charge in [-0.15, -0.1) is 0 Å². The van der Waals surface area contributed by atoms with Gasteiger partial charge in [-0.05, 0) is 31.9 Å². The Hall–Kier alpha value is -2.83. The molecule has 0 spiro atoms. The van der Waals surface area contributed by atoms with Crippen LogP contribution in [0.4, 0.5) is 5.82 Å². The van der Waals surface area contributed by atoms with Gasteiger partial charge in [-0.1, -0.05) is 17.7 Å². The third-order valence-electron chi connectivity index (χ3n) is 4.46. The number of ether oxygens (including phenoxy) is 2. The molecule has 1 unspecified atom stereocenters. The first-order valence-electron chi connectivity index (χ1n) is 9.15. The molecule has 3 rings (SSSR count). The van der Waals surface area contributed by atoms with Crippen molar-refractivity contribution in [1.29, 1.82) is 0 Å². The summed E-state index contributed by atoms with van der Waals surface area (Å²) >= 11 is 0. The summed E-state index contributed by atoms with van der Waals surface area (Å²) in [4.78, 5) is 24.8. The minimum atomic E-state index is -0.0996. The van der Waals surface area contributed by atoms with Crippen molar-refractivity contribution in [2.45, 2.75) is 25.9 Å². The van der Waals surface area contributed by atoms with Crippen LogP contribution in [-0.4, -0.2) is 60.7 Å². The SMILES string of the molecule is Cc1ccc(OCC(=O)N2CCCC(Oc3nccnc3N(C)C)C2)cc1. The van der Waals surface area contributed by atoms with Crippen molar-refractivity contribution < 1.29 is 14.3 Å². The van der Waals surface area contributed by atoms with E-state index in [0.29, 0.717) is 24.0 Å². The summed E-state index contributed by atoms with van der Waals surface area (Å²) in [5, 5.41) is 0. The van der Waals surface area contributed by atoms with Crippen LogP contribution in [-0.2, 0) is 4.79 Å². The lowest BCUT2D eigenvalue weighted by atomic mass is 10.1. The molecular weight excluding hydrogens is 344 g/mol. The molecule has 2 heterocycles. The number of rotatable bonds is 6. The molecule has 1 aromatic heterocycles. The lowest BCUT2D eigenvalue weighted by molar-refractivity contribution is -0.136. The molecule has 1 atom stereocenters. The van der Waals surface area contributed by atoms with Crippen molar-refractivity contribution in [3.8, 4) is 11.6 Å². The van der Waals surface area contributed by atoms with Crippen LogP contribution >= 0.6 is 0 Å². The Labute approximate surface area is 159 Å². The summed E-state index contributed by atoms with van der Waals surface area (Å²) in [5.74, 6) is 1.85. The number of anilines is 1. The first-order valence-corrected chi connectivity index (χ1v) is 9.15. The van der Waals surface area contributed by atoms with E-state index < -0.39 is 0 Å². The fourth-order valence-electron chi connectivity index (χ4n) is 3.00. The maximum atomic E-state index is 12.5. The number of carbonyl (C=O) groups is 1. The lowest BCUT2D eigenvalue weighted by Gasteiger charge is -2.33. The Kier molecular flexibility index (Phi) is 6.11. The molecule has 1 aliphatic rings. The highest BCUT2D eigenvalue weighted by molar-refractivity contribution is 5.78. The van der Waals surface area contributed by atoms with Crippen LogP contribution in [0.3, 0.4) is 0 Å². The van der Waals surface area contributed by atoms with Crippen molar-refractivity contribution in [3.63, 3.8) is 0 Å². The predicted octanol–water partition coefficient (Wildman–Crippen LogP) is 2.30. The van der Waals surface area contributed by atoms with Crippen molar-refractivity contribution >= 4 is 11.7 Å². The van der Waals surface area contributed by atoms with Crippen LogP contribution in [0.15, 0.2) is 36.7 Å². The number of hydrogen-bond acceptors (Lipinski definition) is 6. The highest BCUT2D eigenvalue weighted by Gasteiger charge is 2.26. The number of nitrogens with zero attached hydrogens (tertiary/aromatic N) is 4. The number of hydrogen-bond donors (Lipinski definition) is 0. The molecule has 144 valence electrons. The molecule has 27 heavy (non-hydrogen) atoms. The molecule has 0 bridgehead atoms. The summed E-state index contributed by atoms with van der Waals surface area (Å²) < 4.78 is 11.7. The molecule has 0 N–H and O–H groups in total. The number of benzene rings is 1. The molecule has 7 nitrogen and oxygen atoms in total. The smallest absolute Gasteiger partial charge is 0.260 e. The van der Waals surface area contributed by atoms with Crippen LogP contribution in [0.2, 0.25) is 0 Å². The number of piperidine rings is 1. The third kappa shape index (κ3) is 5.09. The van der Waals surface area contributed by atoms with Crippen LogP contribution in [0.1, 0.15) is 18.4 Å². The molecular formula is C20H26N4O3. The van der Waals surface area contributed by atoms with Gasteiger partial charge >= 0.3 is 0 Å². The molecule has 1 amide bonds. The predicted molar refractivity (Wildman–Crippen MR) is 103 cm³/mol. The maximum Gasteiger partial charge on any atom is 0.260 e. The zero-order chi connectivity index (χ0) is 19.2. The number of likely N-dealkylation sites (tertiary alicyclic amines) is 1. The molecule has 0 radical (unpaired) electrons. The van der Waals surface area contributed by atoms with Gasteiger partial charge in [0.15, 0.2) is 12.4 Å². The van der Waals surface area contributed by atoms with Gasteiger partial charge in [0.1, 0.15) is 11.9 Å². The van der Waals surface area contributed by atoms with E-state index in [-0.39, 0.29) is 18.6 Å². The van der Waals surface area contributed by atoms with Crippen LogP contribution in [0, 0.1) is 6.92 Å². The standard InChI is InChI=1S/C20H26N4O3/c1-15-6-8-16(9-7-15)26-14-18(25)24-12-4-5-17(13-24)27-20-19(23(2)3)21-10-11-22-20/h6-11,17H,4-5,12-14H2,1-3H3. The first-order chi connectivity index (χ1) is 13.0.